The number of aliphatic hydroxyl groups excluding tert-OH is 1. The predicted octanol–water partition coefficient (Wildman–Crippen LogP) is 2.36. The van der Waals surface area contributed by atoms with Gasteiger partial charge in [0.25, 0.3) is 8.32 Å². The Balaban J connectivity index is 1.56. The topological polar surface area (TPSA) is 91.5 Å². The van der Waals surface area contributed by atoms with Crippen LogP contribution in [0, 0.1) is 0 Å². The summed E-state index contributed by atoms with van der Waals surface area (Å²) < 4.78 is 20.8. The molecule has 2 aliphatic rings. The standard InChI is InChI=1S/C25H32N4O4Si/c1-24(2,3)34(17-12-8-6-9-13-17,18-14-10-7-11-15-18)31-16-19-20(30)21-22(33-25(4,5)32-21)23-26-27-28-29(19)23/h6-15,19-22,30H,16H2,1-5H3/t19-,20-,21+,22+/m1/s1. The first-order chi connectivity index (χ1) is 16.1. The number of rotatable bonds is 5. The van der Waals surface area contributed by atoms with Crippen LogP contribution in [0.4, 0.5) is 0 Å². The molecule has 8 nitrogen and oxygen atoms in total. The highest BCUT2D eigenvalue weighted by Crippen LogP contribution is 2.45. The summed E-state index contributed by atoms with van der Waals surface area (Å²) in [6.07, 6.45) is -1.98. The molecular weight excluding hydrogens is 448 g/mol. The van der Waals surface area contributed by atoms with Crippen molar-refractivity contribution in [2.75, 3.05) is 6.61 Å². The first kappa shape index (κ1) is 23.3. The summed E-state index contributed by atoms with van der Waals surface area (Å²) in [5.74, 6) is -0.280. The zero-order valence-corrected chi connectivity index (χ0v) is 21.3. The first-order valence-corrected chi connectivity index (χ1v) is 13.6. The van der Waals surface area contributed by atoms with Crippen LogP contribution in [0.3, 0.4) is 0 Å². The Morgan fingerprint density at radius 2 is 1.59 bits per heavy atom. The zero-order valence-electron chi connectivity index (χ0n) is 20.3. The van der Waals surface area contributed by atoms with Gasteiger partial charge in [-0.15, -0.1) is 5.10 Å². The highest BCUT2D eigenvalue weighted by Gasteiger charge is 2.56. The second-order valence-electron chi connectivity index (χ2n) is 10.5. The van der Waals surface area contributed by atoms with E-state index in [2.05, 4.69) is 84.8 Å². The van der Waals surface area contributed by atoms with Crippen molar-refractivity contribution in [2.45, 2.75) is 69.8 Å². The maximum atomic E-state index is 11.4. The van der Waals surface area contributed by atoms with Crippen LogP contribution in [0.25, 0.3) is 0 Å². The van der Waals surface area contributed by atoms with E-state index >= 15 is 0 Å². The Bertz CT molecular complexity index is 1090. The van der Waals surface area contributed by atoms with Crippen molar-refractivity contribution in [2.24, 2.45) is 0 Å². The summed E-state index contributed by atoms with van der Waals surface area (Å²) in [7, 11) is -2.79. The number of ether oxygens (including phenoxy) is 2. The van der Waals surface area contributed by atoms with Gasteiger partial charge in [0.2, 0.25) is 0 Å². The van der Waals surface area contributed by atoms with E-state index in [0.717, 1.165) is 0 Å². The van der Waals surface area contributed by atoms with Crippen molar-refractivity contribution >= 4 is 18.7 Å². The molecule has 0 aliphatic carbocycles. The number of fused-ring (bicyclic) bond motifs is 3. The van der Waals surface area contributed by atoms with Gasteiger partial charge in [-0.25, -0.2) is 4.68 Å². The van der Waals surface area contributed by atoms with Crippen LogP contribution in [0.5, 0.6) is 0 Å². The summed E-state index contributed by atoms with van der Waals surface area (Å²) in [4.78, 5) is 0. The van der Waals surface area contributed by atoms with Crippen LogP contribution in [0.1, 0.15) is 52.6 Å². The summed E-state index contributed by atoms with van der Waals surface area (Å²) in [5.41, 5.74) is 0. The molecule has 0 unspecified atom stereocenters. The number of aromatic nitrogens is 4. The van der Waals surface area contributed by atoms with E-state index < -0.39 is 38.5 Å². The Kier molecular flexibility index (Phi) is 5.73. The maximum absolute atomic E-state index is 11.4. The van der Waals surface area contributed by atoms with Gasteiger partial charge in [0, 0.05) is 0 Å². The first-order valence-electron chi connectivity index (χ1n) is 11.7. The second-order valence-corrected chi connectivity index (χ2v) is 14.8. The number of aliphatic hydroxyl groups is 1. The minimum Gasteiger partial charge on any atom is -0.405 e. The fourth-order valence-electron chi connectivity index (χ4n) is 5.37. The van der Waals surface area contributed by atoms with E-state index in [1.165, 1.54) is 10.4 Å². The molecule has 3 heterocycles. The van der Waals surface area contributed by atoms with Gasteiger partial charge in [-0.3, -0.25) is 0 Å². The van der Waals surface area contributed by atoms with Crippen LogP contribution in [-0.2, 0) is 13.9 Å². The molecule has 0 amide bonds. The van der Waals surface area contributed by atoms with Gasteiger partial charge in [0.1, 0.15) is 18.2 Å². The average molecular weight is 481 g/mol. The van der Waals surface area contributed by atoms with E-state index in [1.54, 1.807) is 4.68 Å². The molecule has 1 N–H and O–H groups in total. The largest absolute Gasteiger partial charge is 0.405 e. The van der Waals surface area contributed by atoms with E-state index in [-0.39, 0.29) is 11.6 Å². The molecule has 0 bridgehead atoms. The van der Waals surface area contributed by atoms with Gasteiger partial charge in [-0.1, -0.05) is 81.4 Å². The number of benzene rings is 2. The van der Waals surface area contributed by atoms with Gasteiger partial charge >= 0.3 is 0 Å². The molecule has 34 heavy (non-hydrogen) atoms. The lowest BCUT2D eigenvalue weighted by Gasteiger charge is -2.44. The number of hydrogen-bond donors (Lipinski definition) is 1. The number of hydrogen-bond acceptors (Lipinski definition) is 7. The van der Waals surface area contributed by atoms with E-state index in [1.807, 2.05) is 26.0 Å². The lowest BCUT2D eigenvalue weighted by Crippen LogP contribution is -2.67. The smallest absolute Gasteiger partial charge is 0.261 e. The Morgan fingerprint density at radius 3 is 2.15 bits per heavy atom. The minimum atomic E-state index is -2.79. The van der Waals surface area contributed by atoms with Crippen molar-refractivity contribution in [3.05, 3.63) is 66.5 Å². The normalized spacial score (nSPS) is 26.2. The molecule has 5 rings (SSSR count). The molecule has 0 spiro atoms. The summed E-state index contributed by atoms with van der Waals surface area (Å²) in [5, 5.41) is 25.8. The Labute approximate surface area is 201 Å². The molecule has 3 aromatic rings. The third-order valence-electron chi connectivity index (χ3n) is 6.83. The quantitative estimate of drug-likeness (QED) is 0.561. The van der Waals surface area contributed by atoms with Gasteiger partial charge in [0.05, 0.1) is 6.61 Å². The Hall–Kier alpha value is -2.43. The van der Waals surface area contributed by atoms with Crippen molar-refractivity contribution < 1.29 is 19.0 Å². The van der Waals surface area contributed by atoms with Crippen LogP contribution in [0.2, 0.25) is 5.04 Å². The summed E-state index contributed by atoms with van der Waals surface area (Å²) in [6, 6.07) is 20.4. The fraction of sp³-hybridized carbons (Fsp3) is 0.480. The van der Waals surface area contributed by atoms with Crippen molar-refractivity contribution in [3.63, 3.8) is 0 Å². The van der Waals surface area contributed by atoms with Gasteiger partial charge < -0.3 is 19.0 Å². The van der Waals surface area contributed by atoms with Crippen molar-refractivity contribution in [1.82, 2.24) is 20.2 Å². The minimum absolute atomic E-state index is 0.184. The maximum Gasteiger partial charge on any atom is 0.261 e. The van der Waals surface area contributed by atoms with Crippen molar-refractivity contribution in [1.29, 1.82) is 0 Å². The van der Waals surface area contributed by atoms with E-state index in [4.69, 9.17) is 13.9 Å². The van der Waals surface area contributed by atoms with Crippen LogP contribution in [0.15, 0.2) is 60.7 Å². The molecule has 1 fully saturated rings. The van der Waals surface area contributed by atoms with E-state index in [9.17, 15) is 5.11 Å². The summed E-state index contributed by atoms with van der Waals surface area (Å²) >= 11 is 0. The molecule has 2 aliphatic heterocycles. The molecular formula is C25H32N4O4Si. The Morgan fingerprint density at radius 1 is 1.00 bits per heavy atom. The molecule has 9 heteroatoms. The lowest BCUT2D eigenvalue weighted by atomic mass is 9.97. The molecule has 2 aromatic carbocycles. The highest BCUT2D eigenvalue weighted by molar-refractivity contribution is 6.99. The van der Waals surface area contributed by atoms with Crippen LogP contribution >= 0.6 is 0 Å². The molecule has 0 saturated carbocycles. The SMILES string of the molecule is CC1(C)O[C@H]2[C@H](O)[C@@H](CO[Si](c3ccccc3)(c3ccccc3)C(C)(C)C)n3nnnc3[C@H]2O1. The molecule has 0 radical (unpaired) electrons. The van der Waals surface area contributed by atoms with E-state index in [0.29, 0.717) is 5.82 Å². The number of tetrazole rings is 1. The fourth-order valence-corrected chi connectivity index (χ4v) is 9.94. The van der Waals surface area contributed by atoms with Gasteiger partial charge in [-0.2, -0.15) is 0 Å². The van der Waals surface area contributed by atoms with Crippen LogP contribution in [-0.4, -0.2) is 58.2 Å². The van der Waals surface area contributed by atoms with Gasteiger partial charge in [-0.05, 0) is 39.7 Å². The highest BCUT2D eigenvalue weighted by atomic mass is 28.4. The molecule has 1 aromatic heterocycles. The molecule has 180 valence electrons. The monoisotopic (exact) mass is 480 g/mol. The second kappa shape index (κ2) is 8.35. The predicted molar refractivity (Wildman–Crippen MR) is 129 cm³/mol. The zero-order chi connectivity index (χ0) is 24.1. The van der Waals surface area contributed by atoms with Gasteiger partial charge in [0.15, 0.2) is 17.7 Å². The average Bonchev–Trinajstić information content (AvgIpc) is 3.40. The van der Waals surface area contributed by atoms with Crippen molar-refractivity contribution in [3.8, 4) is 0 Å². The number of nitrogens with zero attached hydrogens (tertiary/aromatic N) is 4. The van der Waals surface area contributed by atoms with Crippen LogP contribution < -0.4 is 10.4 Å². The lowest BCUT2D eigenvalue weighted by molar-refractivity contribution is -0.157. The molecule has 4 atom stereocenters. The third kappa shape index (κ3) is 3.72. The summed E-state index contributed by atoms with van der Waals surface area (Å²) in [6.45, 7) is 10.6. The molecule has 1 saturated heterocycles. The third-order valence-corrected chi connectivity index (χ3v) is 11.8.